The SMILES string of the molecule is CCCNC(Cc1ccc(Cl)cc1F)c1cc(C)c(C)s1. The summed E-state index contributed by atoms with van der Waals surface area (Å²) in [5.74, 6) is -0.226. The fraction of sp³-hybridized carbons (Fsp3) is 0.412. The molecule has 0 aliphatic rings. The van der Waals surface area contributed by atoms with E-state index in [0.29, 0.717) is 17.0 Å². The van der Waals surface area contributed by atoms with Crippen LogP contribution in [0.25, 0.3) is 0 Å². The third kappa shape index (κ3) is 4.29. The molecule has 0 aliphatic carbocycles. The number of halogens is 2. The van der Waals surface area contributed by atoms with Crippen LogP contribution >= 0.6 is 22.9 Å². The molecule has 2 aromatic rings. The number of thiophene rings is 1. The number of aryl methyl sites for hydroxylation is 2. The smallest absolute Gasteiger partial charge is 0.127 e. The number of rotatable bonds is 6. The Morgan fingerprint density at radius 1 is 1.29 bits per heavy atom. The van der Waals surface area contributed by atoms with Crippen LogP contribution in [0.5, 0.6) is 0 Å². The van der Waals surface area contributed by atoms with Crippen LogP contribution in [0, 0.1) is 19.7 Å². The molecule has 0 fully saturated rings. The topological polar surface area (TPSA) is 12.0 Å². The third-order valence-corrected chi connectivity index (χ3v) is 5.11. The Hall–Kier alpha value is -0.900. The summed E-state index contributed by atoms with van der Waals surface area (Å²) in [6.07, 6.45) is 1.70. The van der Waals surface area contributed by atoms with Gasteiger partial charge in [-0.25, -0.2) is 4.39 Å². The molecule has 0 amide bonds. The van der Waals surface area contributed by atoms with Gasteiger partial charge in [-0.05, 0) is 62.6 Å². The molecule has 1 heterocycles. The van der Waals surface area contributed by atoms with Gasteiger partial charge in [0.1, 0.15) is 5.82 Å². The zero-order valence-corrected chi connectivity index (χ0v) is 14.2. The predicted molar refractivity (Wildman–Crippen MR) is 89.9 cm³/mol. The van der Waals surface area contributed by atoms with Crippen molar-refractivity contribution in [3.8, 4) is 0 Å². The Bertz CT molecular complexity index is 589. The second kappa shape index (κ2) is 7.39. The molecule has 1 atom stereocenters. The first-order valence-corrected chi connectivity index (χ1v) is 8.45. The number of hydrogen-bond donors (Lipinski definition) is 1. The van der Waals surface area contributed by atoms with Crippen LogP contribution in [0.1, 0.15) is 40.3 Å². The monoisotopic (exact) mass is 325 g/mol. The molecule has 1 aromatic carbocycles. The van der Waals surface area contributed by atoms with E-state index in [-0.39, 0.29) is 11.9 Å². The summed E-state index contributed by atoms with van der Waals surface area (Å²) in [7, 11) is 0. The highest BCUT2D eigenvalue weighted by molar-refractivity contribution is 7.12. The molecule has 0 aliphatic heterocycles. The lowest BCUT2D eigenvalue weighted by Crippen LogP contribution is -2.23. The molecule has 21 heavy (non-hydrogen) atoms. The molecule has 1 N–H and O–H groups in total. The van der Waals surface area contributed by atoms with Crippen molar-refractivity contribution in [3.63, 3.8) is 0 Å². The first kappa shape index (κ1) is 16.5. The zero-order valence-electron chi connectivity index (χ0n) is 12.7. The molecule has 0 radical (unpaired) electrons. The molecule has 4 heteroatoms. The first-order valence-electron chi connectivity index (χ1n) is 7.25. The van der Waals surface area contributed by atoms with E-state index >= 15 is 0 Å². The summed E-state index contributed by atoms with van der Waals surface area (Å²) >= 11 is 7.61. The molecule has 114 valence electrons. The van der Waals surface area contributed by atoms with E-state index in [0.717, 1.165) is 13.0 Å². The van der Waals surface area contributed by atoms with E-state index in [1.165, 1.54) is 21.4 Å². The average molecular weight is 326 g/mol. The highest BCUT2D eigenvalue weighted by atomic mass is 35.5. The number of nitrogens with one attached hydrogen (secondary N) is 1. The van der Waals surface area contributed by atoms with E-state index in [2.05, 4.69) is 32.2 Å². The average Bonchev–Trinajstić information content (AvgIpc) is 2.77. The number of hydrogen-bond acceptors (Lipinski definition) is 2. The molecule has 0 saturated heterocycles. The van der Waals surface area contributed by atoms with Crippen molar-refractivity contribution < 1.29 is 4.39 Å². The van der Waals surface area contributed by atoms with E-state index in [9.17, 15) is 4.39 Å². The van der Waals surface area contributed by atoms with Crippen LogP contribution in [0.15, 0.2) is 24.3 Å². The largest absolute Gasteiger partial charge is 0.309 e. The molecule has 0 spiro atoms. The van der Waals surface area contributed by atoms with Crippen molar-refractivity contribution in [2.24, 2.45) is 0 Å². The Morgan fingerprint density at radius 2 is 2.05 bits per heavy atom. The Balaban J connectivity index is 2.23. The van der Waals surface area contributed by atoms with Crippen LogP contribution in [0.2, 0.25) is 5.02 Å². The van der Waals surface area contributed by atoms with Crippen LogP contribution in [0.3, 0.4) is 0 Å². The van der Waals surface area contributed by atoms with Gasteiger partial charge in [-0.3, -0.25) is 0 Å². The van der Waals surface area contributed by atoms with Crippen molar-refractivity contribution in [1.29, 1.82) is 0 Å². The van der Waals surface area contributed by atoms with Gasteiger partial charge in [0, 0.05) is 20.8 Å². The minimum atomic E-state index is -0.226. The summed E-state index contributed by atoms with van der Waals surface area (Å²) in [6, 6.07) is 7.28. The lowest BCUT2D eigenvalue weighted by Gasteiger charge is -2.18. The minimum Gasteiger partial charge on any atom is -0.309 e. The van der Waals surface area contributed by atoms with Crippen LogP contribution in [-0.4, -0.2) is 6.54 Å². The highest BCUT2D eigenvalue weighted by Gasteiger charge is 2.17. The minimum absolute atomic E-state index is 0.151. The lowest BCUT2D eigenvalue weighted by atomic mass is 10.0. The van der Waals surface area contributed by atoms with Gasteiger partial charge in [0.15, 0.2) is 0 Å². The number of benzene rings is 1. The maximum Gasteiger partial charge on any atom is 0.127 e. The molecule has 1 aromatic heterocycles. The van der Waals surface area contributed by atoms with Gasteiger partial charge in [0.25, 0.3) is 0 Å². The summed E-state index contributed by atoms with van der Waals surface area (Å²) < 4.78 is 14.0. The van der Waals surface area contributed by atoms with E-state index in [1.807, 2.05) is 0 Å². The molecular formula is C17H21ClFNS. The molecule has 2 rings (SSSR count). The lowest BCUT2D eigenvalue weighted by molar-refractivity contribution is 0.519. The highest BCUT2D eigenvalue weighted by Crippen LogP contribution is 2.29. The van der Waals surface area contributed by atoms with Crippen molar-refractivity contribution in [1.82, 2.24) is 5.32 Å². The Kier molecular flexibility index (Phi) is 5.80. The van der Waals surface area contributed by atoms with Crippen LogP contribution < -0.4 is 5.32 Å². The standard InChI is InChI=1S/C17H21ClFNS/c1-4-7-20-16(17-8-11(2)12(3)21-17)9-13-5-6-14(18)10-15(13)19/h5-6,8,10,16,20H,4,7,9H2,1-3H3. The maximum atomic E-state index is 14.0. The normalized spacial score (nSPS) is 12.6. The second-order valence-electron chi connectivity index (χ2n) is 5.33. The van der Waals surface area contributed by atoms with Crippen molar-refractivity contribution in [3.05, 3.63) is 56.0 Å². The van der Waals surface area contributed by atoms with E-state index in [1.54, 1.807) is 23.5 Å². The summed E-state index contributed by atoms with van der Waals surface area (Å²) in [4.78, 5) is 2.60. The molecule has 1 unspecified atom stereocenters. The van der Waals surface area contributed by atoms with Gasteiger partial charge in [-0.1, -0.05) is 24.6 Å². The summed E-state index contributed by atoms with van der Waals surface area (Å²) in [5.41, 5.74) is 2.01. The van der Waals surface area contributed by atoms with Gasteiger partial charge in [0.2, 0.25) is 0 Å². The zero-order chi connectivity index (χ0) is 15.4. The van der Waals surface area contributed by atoms with E-state index in [4.69, 9.17) is 11.6 Å². The van der Waals surface area contributed by atoms with Gasteiger partial charge >= 0.3 is 0 Å². The Labute approximate surface area is 135 Å². The van der Waals surface area contributed by atoms with Gasteiger partial charge in [-0.15, -0.1) is 11.3 Å². The second-order valence-corrected chi connectivity index (χ2v) is 7.06. The molecular weight excluding hydrogens is 305 g/mol. The molecule has 1 nitrogen and oxygen atoms in total. The fourth-order valence-corrected chi connectivity index (χ4v) is 3.55. The Morgan fingerprint density at radius 3 is 2.62 bits per heavy atom. The maximum absolute atomic E-state index is 14.0. The van der Waals surface area contributed by atoms with Gasteiger partial charge in [0.05, 0.1) is 0 Å². The van der Waals surface area contributed by atoms with Crippen molar-refractivity contribution >= 4 is 22.9 Å². The first-order chi connectivity index (χ1) is 10.0. The van der Waals surface area contributed by atoms with E-state index < -0.39 is 0 Å². The summed E-state index contributed by atoms with van der Waals surface area (Å²) in [6.45, 7) is 7.31. The van der Waals surface area contributed by atoms with Gasteiger partial charge in [-0.2, -0.15) is 0 Å². The van der Waals surface area contributed by atoms with Crippen LogP contribution in [-0.2, 0) is 6.42 Å². The van der Waals surface area contributed by atoms with Crippen molar-refractivity contribution in [2.75, 3.05) is 6.54 Å². The summed E-state index contributed by atoms with van der Waals surface area (Å²) in [5, 5.41) is 3.97. The van der Waals surface area contributed by atoms with Crippen molar-refractivity contribution in [2.45, 2.75) is 39.7 Å². The van der Waals surface area contributed by atoms with Gasteiger partial charge < -0.3 is 5.32 Å². The third-order valence-electron chi connectivity index (χ3n) is 3.61. The molecule has 0 saturated carbocycles. The quantitative estimate of drug-likeness (QED) is 0.745. The fourth-order valence-electron chi connectivity index (χ4n) is 2.27. The van der Waals surface area contributed by atoms with Crippen LogP contribution in [0.4, 0.5) is 4.39 Å². The predicted octanol–water partition coefficient (Wildman–Crippen LogP) is 5.44. The molecule has 0 bridgehead atoms.